The number of carboxylic acid groups (broad SMARTS) is 1. The number of ether oxygens (including phenoxy) is 2. The summed E-state index contributed by atoms with van der Waals surface area (Å²) >= 11 is 7.70. The van der Waals surface area contributed by atoms with Gasteiger partial charge in [-0.15, -0.1) is 0 Å². The second-order valence-corrected chi connectivity index (χ2v) is 12.6. The van der Waals surface area contributed by atoms with Crippen molar-refractivity contribution in [3.8, 4) is 16.3 Å². The molecule has 3 fully saturated rings. The van der Waals surface area contributed by atoms with Crippen LogP contribution in [0.15, 0.2) is 24.3 Å². The van der Waals surface area contributed by atoms with Gasteiger partial charge in [0, 0.05) is 30.2 Å². The maximum Gasteiger partial charge on any atom is 0.512 e. The fraction of sp³-hybridized carbons (Fsp3) is 0.533. The predicted octanol–water partition coefficient (Wildman–Crippen LogP) is 6.49. The molecule has 2 saturated carbocycles. The summed E-state index contributed by atoms with van der Waals surface area (Å²) < 4.78 is 14.1. The van der Waals surface area contributed by atoms with Gasteiger partial charge in [0.15, 0.2) is 5.06 Å². The van der Waals surface area contributed by atoms with Crippen molar-refractivity contribution in [3.63, 3.8) is 0 Å². The Morgan fingerprint density at radius 2 is 1.80 bits per heavy atom. The average Bonchev–Trinajstić information content (AvgIpc) is 3.66. The van der Waals surface area contributed by atoms with E-state index in [0.29, 0.717) is 54.8 Å². The van der Waals surface area contributed by atoms with Gasteiger partial charge in [-0.05, 0) is 67.3 Å². The number of morpholine rings is 1. The Hall–Kier alpha value is -2.59. The normalized spacial score (nSPS) is 18.4. The molecule has 40 heavy (non-hydrogen) atoms. The van der Waals surface area contributed by atoms with E-state index in [1.807, 2.05) is 29.2 Å². The van der Waals surface area contributed by atoms with Crippen LogP contribution in [-0.4, -0.2) is 59.5 Å². The number of thiophene rings is 1. The molecule has 2 aliphatic carbocycles. The second kappa shape index (κ2) is 12.1. The number of halogens is 1. The van der Waals surface area contributed by atoms with Crippen molar-refractivity contribution >= 4 is 45.2 Å². The van der Waals surface area contributed by atoms with E-state index in [1.54, 1.807) is 0 Å². The zero-order valence-electron chi connectivity index (χ0n) is 22.6. The quantitative estimate of drug-likeness (QED) is 0.279. The molecule has 1 aromatic carbocycles. The van der Waals surface area contributed by atoms with Crippen LogP contribution in [0.4, 0.5) is 4.79 Å². The van der Waals surface area contributed by atoms with E-state index < -0.39 is 6.16 Å². The van der Waals surface area contributed by atoms with Gasteiger partial charge in [-0.25, -0.2) is 4.79 Å². The lowest BCUT2D eigenvalue weighted by Gasteiger charge is -2.28. The van der Waals surface area contributed by atoms with Crippen molar-refractivity contribution in [3.05, 3.63) is 40.4 Å². The van der Waals surface area contributed by atoms with Crippen LogP contribution in [-0.2, 0) is 22.6 Å². The Morgan fingerprint density at radius 1 is 1.07 bits per heavy atom. The minimum Gasteiger partial charge on any atom is -0.449 e. The Morgan fingerprint density at radius 3 is 2.48 bits per heavy atom. The molecular formula is C30H36ClN3O5S. The molecule has 0 bridgehead atoms. The maximum atomic E-state index is 13.7. The van der Waals surface area contributed by atoms with E-state index in [4.69, 9.17) is 21.1 Å². The Bertz CT molecular complexity index is 1370. The zero-order chi connectivity index (χ0) is 27.6. The van der Waals surface area contributed by atoms with E-state index in [2.05, 4.69) is 9.88 Å². The molecule has 214 valence electrons. The average molecular weight is 586 g/mol. The summed E-state index contributed by atoms with van der Waals surface area (Å²) in [5.74, 6) is 1.04. The smallest absolute Gasteiger partial charge is 0.449 e. The molecule has 1 saturated heterocycles. The monoisotopic (exact) mass is 585 g/mol. The van der Waals surface area contributed by atoms with Crippen molar-refractivity contribution in [2.45, 2.75) is 64.0 Å². The van der Waals surface area contributed by atoms with E-state index in [9.17, 15) is 14.7 Å². The molecule has 3 aromatic rings. The molecule has 6 rings (SSSR count). The highest BCUT2D eigenvalue weighted by Crippen LogP contribution is 2.50. The highest BCUT2D eigenvalue weighted by molar-refractivity contribution is 7.21. The minimum absolute atomic E-state index is 0.0365. The number of nitrogens with one attached hydrogen (secondary N) is 1. The second-order valence-electron chi connectivity index (χ2n) is 11.2. The van der Waals surface area contributed by atoms with Crippen LogP contribution in [0.1, 0.15) is 62.0 Å². The summed E-state index contributed by atoms with van der Waals surface area (Å²) in [6.07, 6.45) is 6.80. The van der Waals surface area contributed by atoms with Crippen LogP contribution in [0.25, 0.3) is 21.5 Å². The molecular weight excluding hydrogens is 550 g/mol. The summed E-state index contributed by atoms with van der Waals surface area (Å²) in [5, 5.41) is 14.2. The van der Waals surface area contributed by atoms with Crippen molar-refractivity contribution in [2.75, 3.05) is 32.8 Å². The summed E-state index contributed by atoms with van der Waals surface area (Å²) in [7, 11) is 0. The lowest BCUT2D eigenvalue weighted by Crippen LogP contribution is -2.42. The summed E-state index contributed by atoms with van der Waals surface area (Å²) in [4.78, 5) is 27.4. The fourth-order valence-electron chi connectivity index (χ4n) is 6.21. The predicted molar refractivity (Wildman–Crippen MR) is 157 cm³/mol. The third-order valence-electron chi connectivity index (χ3n) is 8.38. The zero-order valence-corrected chi connectivity index (χ0v) is 24.2. The van der Waals surface area contributed by atoms with Crippen LogP contribution in [0.5, 0.6) is 5.06 Å². The first kappa shape index (κ1) is 27.6. The number of carbonyl (C=O) groups is 2. The first-order chi connectivity index (χ1) is 19.5. The number of hydrogen-bond acceptors (Lipinski definition) is 6. The van der Waals surface area contributed by atoms with Gasteiger partial charge >= 0.3 is 6.16 Å². The van der Waals surface area contributed by atoms with Gasteiger partial charge in [-0.1, -0.05) is 54.3 Å². The lowest BCUT2D eigenvalue weighted by molar-refractivity contribution is -0.135. The standard InChI is InChI=1S/C30H36ClN3O5S/c31-22-10-8-21(9-11-22)26-25(20-4-2-1-3-5-20)28-27(34(26)18-24(35)33-12-14-38-15-13-33)23(17-32-16-19-6-7-19)29(40-28)39-30(36)37/h8-11,19-20,32H,1-7,12-18H2,(H,36,37). The number of hydrogen-bond donors (Lipinski definition) is 2. The van der Waals surface area contributed by atoms with Crippen molar-refractivity contribution in [1.82, 2.24) is 14.8 Å². The molecule has 10 heteroatoms. The molecule has 1 aliphatic heterocycles. The van der Waals surface area contributed by atoms with Crippen molar-refractivity contribution in [2.24, 2.45) is 5.92 Å². The highest BCUT2D eigenvalue weighted by Gasteiger charge is 2.33. The molecule has 0 unspecified atom stereocenters. The number of nitrogens with zero attached hydrogens (tertiary/aromatic N) is 2. The lowest BCUT2D eigenvalue weighted by atomic mass is 9.83. The third kappa shape index (κ3) is 5.88. The number of rotatable bonds is 9. The Balaban J connectivity index is 1.54. The van der Waals surface area contributed by atoms with Crippen molar-refractivity contribution in [1.29, 1.82) is 0 Å². The van der Waals surface area contributed by atoms with E-state index in [0.717, 1.165) is 59.3 Å². The summed E-state index contributed by atoms with van der Waals surface area (Å²) in [6, 6.07) is 7.85. The molecule has 3 heterocycles. The molecule has 3 aliphatic rings. The van der Waals surface area contributed by atoms with Gasteiger partial charge in [0.2, 0.25) is 5.91 Å². The van der Waals surface area contributed by atoms with E-state index in [1.165, 1.54) is 36.2 Å². The van der Waals surface area contributed by atoms with Crippen LogP contribution in [0.2, 0.25) is 5.02 Å². The summed E-state index contributed by atoms with van der Waals surface area (Å²) in [6.45, 7) is 3.75. The highest BCUT2D eigenvalue weighted by atomic mass is 35.5. The molecule has 0 spiro atoms. The number of aromatic nitrogens is 1. The number of benzene rings is 1. The SMILES string of the molecule is O=C(O)Oc1sc2c(C3CCCCC3)c(-c3ccc(Cl)cc3)n(CC(=O)N3CCOCC3)c2c1CNCC1CC1. The number of fused-ring (bicyclic) bond motifs is 1. The molecule has 0 atom stereocenters. The topological polar surface area (TPSA) is 93.0 Å². The van der Waals surface area contributed by atoms with Crippen LogP contribution in [0, 0.1) is 5.92 Å². The first-order valence-corrected chi connectivity index (χ1v) is 15.6. The van der Waals surface area contributed by atoms with Crippen molar-refractivity contribution < 1.29 is 24.2 Å². The minimum atomic E-state index is -1.32. The fourth-order valence-corrected chi connectivity index (χ4v) is 7.62. The van der Waals surface area contributed by atoms with Gasteiger partial charge in [0.05, 0.1) is 29.1 Å². The van der Waals surface area contributed by atoms with Crippen LogP contribution >= 0.6 is 22.9 Å². The van der Waals surface area contributed by atoms with Gasteiger partial charge in [-0.2, -0.15) is 0 Å². The van der Waals surface area contributed by atoms with Crippen LogP contribution in [0.3, 0.4) is 0 Å². The van der Waals surface area contributed by atoms with E-state index in [-0.39, 0.29) is 12.5 Å². The van der Waals surface area contributed by atoms with Gasteiger partial charge < -0.3 is 29.4 Å². The molecule has 0 radical (unpaired) electrons. The molecule has 2 aromatic heterocycles. The number of carbonyl (C=O) groups excluding carboxylic acids is 1. The maximum absolute atomic E-state index is 13.7. The Labute approximate surface area is 243 Å². The summed E-state index contributed by atoms with van der Waals surface area (Å²) in [5.41, 5.74) is 4.99. The van der Waals surface area contributed by atoms with Gasteiger partial charge in [0.25, 0.3) is 0 Å². The van der Waals surface area contributed by atoms with Crippen LogP contribution < -0.4 is 10.1 Å². The molecule has 8 nitrogen and oxygen atoms in total. The third-order valence-corrected chi connectivity index (χ3v) is 9.77. The first-order valence-electron chi connectivity index (χ1n) is 14.4. The van der Waals surface area contributed by atoms with Gasteiger partial charge in [-0.3, -0.25) is 4.79 Å². The van der Waals surface area contributed by atoms with Gasteiger partial charge in [0.1, 0.15) is 6.54 Å². The Kier molecular flexibility index (Phi) is 8.35. The number of amides is 1. The largest absolute Gasteiger partial charge is 0.512 e. The molecule has 1 amide bonds. The molecule has 2 N–H and O–H groups in total. The van der Waals surface area contributed by atoms with E-state index >= 15 is 0 Å².